The van der Waals surface area contributed by atoms with E-state index in [2.05, 4.69) is 5.18 Å². The maximum atomic E-state index is 12.5. The maximum absolute atomic E-state index is 12.5. The molecule has 3 atom stereocenters. The molecule has 0 radical (unpaired) electrons. The van der Waals surface area contributed by atoms with Crippen LogP contribution in [0.2, 0.25) is 0 Å². The smallest absolute Gasteiger partial charge is 0.246 e. The molecule has 0 saturated heterocycles. The van der Waals surface area contributed by atoms with Gasteiger partial charge in [0, 0.05) is 0 Å². The van der Waals surface area contributed by atoms with Crippen molar-refractivity contribution in [1.29, 1.82) is 0 Å². The first-order valence-electron chi connectivity index (χ1n) is 3.93. The van der Waals surface area contributed by atoms with Gasteiger partial charge in [0.05, 0.1) is 17.8 Å². The lowest BCUT2D eigenvalue weighted by molar-refractivity contribution is -0.173. The molecular formula is C7H10ClF4NO. The second-order valence-electron chi connectivity index (χ2n) is 2.98. The zero-order valence-electron chi connectivity index (χ0n) is 7.39. The monoisotopic (exact) mass is 235 g/mol. The predicted molar refractivity (Wildman–Crippen MR) is 45.0 cm³/mol. The minimum absolute atomic E-state index is 0.630. The minimum Gasteiger partial charge on any atom is -0.246 e. The Bertz CT molecular complexity index is 185. The first-order valence-corrected chi connectivity index (χ1v) is 4.36. The molecule has 0 bridgehead atoms. The van der Waals surface area contributed by atoms with Gasteiger partial charge in [-0.05, 0) is 13.3 Å². The summed E-state index contributed by atoms with van der Waals surface area (Å²) in [5.74, 6) is -1.96. The van der Waals surface area contributed by atoms with Crippen LogP contribution >= 0.6 is 11.6 Å². The van der Waals surface area contributed by atoms with Crippen LogP contribution in [-0.2, 0) is 0 Å². The van der Waals surface area contributed by atoms with Crippen molar-refractivity contribution in [2.24, 2.45) is 11.1 Å². The first kappa shape index (κ1) is 13.6. The second kappa shape index (κ2) is 5.48. The van der Waals surface area contributed by atoms with Gasteiger partial charge >= 0.3 is 6.18 Å². The van der Waals surface area contributed by atoms with Crippen molar-refractivity contribution in [2.45, 2.75) is 31.1 Å². The lowest BCUT2D eigenvalue weighted by Crippen LogP contribution is -2.30. The summed E-state index contributed by atoms with van der Waals surface area (Å²) in [5, 5.41) is 0.917. The van der Waals surface area contributed by atoms with Crippen molar-refractivity contribution in [1.82, 2.24) is 0 Å². The highest BCUT2D eigenvalue weighted by Crippen LogP contribution is 2.32. The number of hydrogen-bond acceptors (Lipinski definition) is 2. The van der Waals surface area contributed by atoms with E-state index in [4.69, 9.17) is 11.6 Å². The van der Waals surface area contributed by atoms with Crippen molar-refractivity contribution >= 4 is 11.6 Å². The van der Waals surface area contributed by atoms with E-state index < -0.39 is 36.6 Å². The summed E-state index contributed by atoms with van der Waals surface area (Å²) >= 11 is 5.33. The molecule has 0 aliphatic carbocycles. The lowest BCUT2D eigenvalue weighted by Gasteiger charge is -2.20. The molecule has 84 valence electrons. The molecule has 0 rings (SSSR count). The van der Waals surface area contributed by atoms with Crippen LogP contribution in [-0.4, -0.2) is 24.3 Å². The summed E-state index contributed by atoms with van der Waals surface area (Å²) in [6.45, 7) is 0.152. The molecule has 3 unspecified atom stereocenters. The largest absolute Gasteiger partial charge is 0.393 e. The molecule has 7 heteroatoms. The van der Waals surface area contributed by atoms with Gasteiger partial charge in [0.25, 0.3) is 0 Å². The van der Waals surface area contributed by atoms with Gasteiger partial charge in [-0.25, -0.2) is 4.39 Å². The Hall–Kier alpha value is -0.390. The van der Waals surface area contributed by atoms with Gasteiger partial charge in [0.15, 0.2) is 0 Å². The summed E-state index contributed by atoms with van der Waals surface area (Å²) in [6, 6.07) is 0. The van der Waals surface area contributed by atoms with E-state index >= 15 is 0 Å². The molecule has 0 heterocycles. The van der Waals surface area contributed by atoms with Crippen LogP contribution in [0.3, 0.4) is 0 Å². The Kier molecular flexibility index (Phi) is 5.33. The number of hydrogen-bond donors (Lipinski definition) is 0. The zero-order chi connectivity index (χ0) is 11.4. The highest BCUT2D eigenvalue weighted by Gasteiger charge is 2.41. The van der Waals surface area contributed by atoms with E-state index in [0.29, 0.717) is 0 Å². The molecule has 0 N–H and O–H groups in total. The number of rotatable bonds is 5. The first-order chi connectivity index (χ1) is 6.29. The van der Waals surface area contributed by atoms with Gasteiger partial charge in [-0.1, -0.05) is 5.18 Å². The van der Waals surface area contributed by atoms with Crippen LogP contribution in [0.4, 0.5) is 17.6 Å². The van der Waals surface area contributed by atoms with Crippen molar-refractivity contribution in [2.75, 3.05) is 6.54 Å². The quantitative estimate of drug-likeness (QED) is 0.408. The summed E-state index contributed by atoms with van der Waals surface area (Å²) in [7, 11) is 0. The Morgan fingerprint density at radius 2 is 1.93 bits per heavy atom. The van der Waals surface area contributed by atoms with Crippen molar-refractivity contribution in [3.8, 4) is 0 Å². The molecule has 0 saturated carbocycles. The van der Waals surface area contributed by atoms with Crippen LogP contribution in [0.25, 0.3) is 0 Å². The third-order valence-electron chi connectivity index (χ3n) is 1.77. The number of alkyl halides is 5. The van der Waals surface area contributed by atoms with Gasteiger partial charge in [0.2, 0.25) is 0 Å². The molecule has 0 aromatic rings. The molecule has 14 heavy (non-hydrogen) atoms. The third kappa shape index (κ3) is 4.74. The van der Waals surface area contributed by atoms with Crippen molar-refractivity contribution in [3.05, 3.63) is 4.91 Å². The Labute approximate surface area is 83.6 Å². The summed E-state index contributed by atoms with van der Waals surface area (Å²) in [4.78, 5) is 9.73. The Morgan fingerprint density at radius 3 is 2.21 bits per heavy atom. The van der Waals surface area contributed by atoms with Gasteiger partial charge < -0.3 is 0 Å². The van der Waals surface area contributed by atoms with E-state index in [1.54, 1.807) is 0 Å². The molecule has 0 aromatic carbocycles. The summed E-state index contributed by atoms with van der Waals surface area (Å²) in [5.41, 5.74) is 0. The van der Waals surface area contributed by atoms with Gasteiger partial charge in [-0.2, -0.15) is 18.1 Å². The maximum Gasteiger partial charge on any atom is 0.393 e. The van der Waals surface area contributed by atoms with Crippen molar-refractivity contribution < 1.29 is 17.6 Å². The fraction of sp³-hybridized carbons (Fsp3) is 1.00. The Morgan fingerprint density at radius 1 is 1.43 bits per heavy atom. The van der Waals surface area contributed by atoms with E-state index in [0.717, 1.165) is 6.92 Å². The predicted octanol–water partition coefficient (Wildman–Crippen LogP) is 3.29. The van der Waals surface area contributed by atoms with E-state index in [1.807, 2.05) is 0 Å². The van der Waals surface area contributed by atoms with E-state index in [1.165, 1.54) is 0 Å². The van der Waals surface area contributed by atoms with Crippen molar-refractivity contribution in [3.63, 3.8) is 0 Å². The summed E-state index contributed by atoms with van der Waals surface area (Å²) < 4.78 is 48.9. The van der Waals surface area contributed by atoms with Crippen LogP contribution in [0.1, 0.15) is 13.3 Å². The highest BCUT2D eigenvalue weighted by atomic mass is 35.5. The number of nitrogens with zero attached hydrogens (tertiary/aromatic N) is 1. The molecule has 0 fully saturated rings. The minimum atomic E-state index is -4.56. The number of nitroso groups, excluding NO2 is 1. The highest BCUT2D eigenvalue weighted by molar-refractivity contribution is 6.21. The molecule has 2 nitrogen and oxygen atoms in total. The zero-order valence-corrected chi connectivity index (χ0v) is 8.15. The fourth-order valence-corrected chi connectivity index (χ4v) is 1.08. The van der Waals surface area contributed by atoms with Crippen LogP contribution < -0.4 is 0 Å². The van der Waals surface area contributed by atoms with Gasteiger partial charge in [-0.3, -0.25) is 0 Å². The SMILES string of the molecule is CC(F)C(Cl)CC(CN=O)C(F)(F)F. The van der Waals surface area contributed by atoms with Crippen LogP contribution in [0, 0.1) is 10.8 Å². The number of halogens is 5. The van der Waals surface area contributed by atoms with Gasteiger partial charge in [-0.15, -0.1) is 11.6 Å². The Balaban J connectivity index is 4.30. The topological polar surface area (TPSA) is 29.4 Å². The molecule has 0 amide bonds. The second-order valence-corrected chi connectivity index (χ2v) is 3.54. The van der Waals surface area contributed by atoms with E-state index in [-0.39, 0.29) is 0 Å². The average Bonchev–Trinajstić information content (AvgIpc) is 2.01. The third-order valence-corrected chi connectivity index (χ3v) is 2.29. The van der Waals surface area contributed by atoms with Crippen LogP contribution in [0.5, 0.6) is 0 Å². The lowest BCUT2D eigenvalue weighted by atomic mass is 10.0. The fourth-order valence-electron chi connectivity index (χ4n) is 0.861. The standard InChI is InChI=1S/C7H10ClF4NO/c1-4(9)6(8)2-5(3-13-14)7(10,11)12/h4-6H,2-3H2,1H3. The molecule has 0 aromatic heterocycles. The summed E-state index contributed by atoms with van der Waals surface area (Å²) in [6.07, 6.45) is -6.74. The molecule has 0 aliphatic rings. The average molecular weight is 236 g/mol. The molecule has 0 spiro atoms. The van der Waals surface area contributed by atoms with Crippen LogP contribution in [0.15, 0.2) is 5.18 Å². The molecular weight excluding hydrogens is 226 g/mol. The van der Waals surface area contributed by atoms with Gasteiger partial charge in [0.1, 0.15) is 6.17 Å². The normalized spacial score (nSPS) is 18.7. The van der Waals surface area contributed by atoms with E-state index in [9.17, 15) is 22.5 Å². The molecule has 0 aliphatic heterocycles.